The number of rotatable bonds is 6. The molecule has 0 saturated heterocycles. The van der Waals surface area contributed by atoms with Crippen molar-refractivity contribution in [2.45, 2.75) is 46.3 Å². The minimum absolute atomic E-state index is 0.170. The molecule has 0 spiro atoms. The van der Waals surface area contributed by atoms with Crippen molar-refractivity contribution in [3.05, 3.63) is 27.6 Å². The maximum atomic E-state index is 12.7. The van der Waals surface area contributed by atoms with Crippen molar-refractivity contribution in [2.75, 3.05) is 6.61 Å². The topological polar surface area (TPSA) is 87.5 Å². The van der Waals surface area contributed by atoms with Crippen molar-refractivity contribution >= 4 is 33.5 Å². The number of thiophene rings is 1. The molecular weight excluding hydrogens is 332 g/mol. The lowest BCUT2D eigenvalue weighted by Crippen LogP contribution is -2.31. The number of carbonyl (C=O) groups excluding carboxylic acids is 2. The molecule has 0 bridgehead atoms. The highest BCUT2D eigenvalue weighted by Crippen LogP contribution is 2.22. The first-order valence-electron chi connectivity index (χ1n) is 7.76. The van der Waals surface area contributed by atoms with Gasteiger partial charge in [-0.2, -0.15) is 0 Å². The average molecular weight is 352 g/mol. The number of carbonyl (C=O) groups is 2. The van der Waals surface area contributed by atoms with Gasteiger partial charge in [-0.1, -0.05) is 6.92 Å². The van der Waals surface area contributed by atoms with Crippen LogP contribution in [0.25, 0.3) is 10.2 Å². The monoisotopic (exact) mass is 352 g/mol. The van der Waals surface area contributed by atoms with Gasteiger partial charge in [0.05, 0.1) is 30.0 Å². The van der Waals surface area contributed by atoms with Gasteiger partial charge >= 0.3 is 11.9 Å². The minimum atomic E-state index is -0.835. The lowest BCUT2D eigenvalue weighted by molar-refractivity contribution is -0.152. The SMILES string of the molecule is CCOC(=O)c1csc2ncn(C(C)C(=O)OC(C)CC)c(=O)c12. The maximum absolute atomic E-state index is 12.7. The summed E-state index contributed by atoms with van der Waals surface area (Å²) in [5.41, 5.74) is -0.288. The molecular formula is C16H20N2O5S. The van der Waals surface area contributed by atoms with Crippen LogP contribution < -0.4 is 5.56 Å². The second-order valence-corrected chi connectivity index (χ2v) is 6.20. The van der Waals surface area contributed by atoms with Crippen LogP contribution in [0.15, 0.2) is 16.5 Å². The number of aromatic nitrogens is 2. The van der Waals surface area contributed by atoms with Gasteiger partial charge in [0, 0.05) is 5.38 Å². The Morgan fingerprint density at radius 3 is 2.67 bits per heavy atom. The molecule has 0 aliphatic heterocycles. The molecule has 0 N–H and O–H groups in total. The fourth-order valence-corrected chi connectivity index (χ4v) is 2.94. The van der Waals surface area contributed by atoms with E-state index >= 15 is 0 Å². The molecule has 8 heteroatoms. The fraction of sp³-hybridized carbons (Fsp3) is 0.500. The molecule has 2 aromatic rings. The van der Waals surface area contributed by atoms with Gasteiger partial charge in [-0.25, -0.2) is 14.6 Å². The van der Waals surface area contributed by atoms with Gasteiger partial charge in [-0.05, 0) is 27.2 Å². The molecule has 7 nitrogen and oxygen atoms in total. The van der Waals surface area contributed by atoms with Crippen LogP contribution in [-0.4, -0.2) is 34.2 Å². The normalized spacial score (nSPS) is 13.5. The molecule has 0 fully saturated rings. The van der Waals surface area contributed by atoms with Gasteiger partial charge in [-0.15, -0.1) is 11.3 Å². The molecule has 0 aromatic carbocycles. The van der Waals surface area contributed by atoms with E-state index in [1.54, 1.807) is 26.2 Å². The molecule has 2 unspecified atom stereocenters. The zero-order chi connectivity index (χ0) is 17.9. The molecule has 0 amide bonds. The standard InChI is InChI=1S/C16H20N2O5S/c1-5-9(3)23-15(20)10(4)18-8-17-13-12(14(18)19)11(7-24-13)16(21)22-6-2/h7-10H,5-6H2,1-4H3. The van der Waals surface area contributed by atoms with Crippen molar-refractivity contribution in [1.82, 2.24) is 9.55 Å². The molecule has 0 aliphatic carbocycles. The summed E-state index contributed by atoms with van der Waals surface area (Å²) < 4.78 is 11.4. The molecule has 2 heterocycles. The van der Waals surface area contributed by atoms with Crippen molar-refractivity contribution in [3.8, 4) is 0 Å². The Hall–Kier alpha value is -2.22. The second-order valence-electron chi connectivity index (χ2n) is 5.34. The van der Waals surface area contributed by atoms with Crippen molar-refractivity contribution in [1.29, 1.82) is 0 Å². The van der Waals surface area contributed by atoms with Gasteiger partial charge in [-0.3, -0.25) is 9.36 Å². The van der Waals surface area contributed by atoms with Crippen LogP contribution in [0.2, 0.25) is 0 Å². The molecule has 0 aliphatic rings. The first-order chi connectivity index (χ1) is 11.4. The van der Waals surface area contributed by atoms with Crippen LogP contribution >= 0.6 is 11.3 Å². The lowest BCUT2D eigenvalue weighted by Gasteiger charge is -2.17. The first kappa shape index (κ1) is 18.1. The van der Waals surface area contributed by atoms with Gasteiger partial charge in [0.25, 0.3) is 5.56 Å². The molecule has 0 saturated carbocycles. The van der Waals surface area contributed by atoms with Crippen LogP contribution in [0.4, 0.5) is 0 Å². The summed E-state index contributed by atoms with van der Waals surface area (Å²) >= 11 is 1.18. The summed E-state index contributed by atoms with van der Waals surface area (Å²) in [7, 11) is 0. The first-order valence-corrected chi connectivity index (χ1v) is 8.64. The molecule has 0 radical (unpaired) electrons. The number of esters is 2. The summed E-state index contributed by atoms with van der Waals surface area (Å²) in [4.78, 5) is 41.5. The summed E-state index contributed by atoms with van der Waals surface area (Å²) in [6.07, 6.45) is 1.75. The average Bonchev–Trinajstić information content (AvgIpc) is 2.99. The Labute approximate surface area is 143 Å². The Morgan fingerprint density at radius 2 is 2.04 bits per heavy atom. The second kappa shape index (κ2) is 7.57. The van der Waals surface area contributed by atoms with Gasteiger partial charge in [0.2, 0.25) is 0 Å². The van der Waals surface area contributed by atoms with Crippen molar-refractivity contribution < 1.29 is 19.1 Å². The van der Waals surface area contributed by atoms with E-state index in [1.807, 2.05) is 6.92 Å². The zero-order valence-corrected chi connectivity index (χ0v) is 14.9. The van der Waals surface area contributed by atoms with Gasteiger partial charge in [0.1, 0.15) is 10.9 Å². The van der Waals surface area contributed by atoms with E-state index in [-0.39, 0.29) is 23.7 Å². The van der Waals surface area contributed by atoms with Crippen LogP contribution in [0, 0.1) is 0 Å². The predicted octanol–water partition coefficient (Wildman–Crippen LogP) is 2.54. The lowest BCUT2D eigenvalue weighted by atomic mass is 10.2. The minimum Gasteiger partial charge on any atom is -0.462 e. The van der Waals surface area contributed by atoms with Crippen LogP contribution in [0.3, 0.4) is 0 Å². The van der Waals surface area contributed by atoms with Crippen LogP contribution in [0.5, 0.6) is 0 Å². The number of ether oxygens (including phenoxy) is 2. The Bertz CT molecular complexity index is 810. The number of hydrogen-bond donors (Lipinski definition) is 0. The number of hydrogen-bond acceptors (Lipinski definition) is 7. The highest BCUT2D eigenvalue weighted by atomic mass is 32.1. The molecule has 2 atom stereocenters. The third-order valence-corrected chi connectivity index (χ3v) is 4.55. The smallest absolute Gasteiger partial charge is 0.339 e. The zero-order valence-electron chi connectivity index (χ0n) is 14.1. The Kier molecular flexibility index (Phi) is 5.71. The number of fused-ring (bicyclic) bond motifs is 1. The van der Waals surface area contributed by atoms with E-state index in [1.165, 1.54) is 22.2 Å². The third kappa shape index (κ3) is 3.48. The van der Waals surface area contributed by atoms with Gasteiger partial charge < -0.3 is 9.47 Å². The third-order valence-electron chi connectivity index (χ3n) is 3.67. The van der Waals surface area contributed by atoms with Crippen LogP contribution in [-0.2, 0) is 14.3 Å². The number of nitrogens with zero attached hydrogens (tertiary/aromatic N) is 2. The highest BCUT2D eigenvalue weighted by Gasteiger charge is 2.24. The molecule has 130 valence electrons. The van der Waals surface area contributed by atoms with E-state index in [0.29, 0.717) is 11.3 Å². The summed E-state index contributed by atoms with van der Waals surface area (Å²) in [5, 5.41) is 1.72. The highest BCUT2D eigenvalue weighted by molar-refractivity contribution is 7.17. The summed E-state index contributed by atoms with van der Waals surface area (Å²) in [6, 6.07) is -0.835. The molecule has 24 heavy (non-hydrogen) atoms. The van der Waals surface area contributed by atoms with Crippen LogP contribution in [0.1, 0.15) is 50.5 Å². The largest absolute Gasteiger partial charge is 0.462 e. The van der Waals surface area contributed by atoms with E-state index in [9.17, 15) is 14.4 Å². The van der Waals surface area contributed by atoms with E-state index in [0.717, 1.165) is 0 Å². The van der Waals surface area contributed by atoms with E-state index in [2.05, 4.69) is 4.98 Å². The van der Waals surface area contributed by atoms with Crippen molar-refractivity contribution in [2.24, 2.45) is 0 Å². The maximum Gasteiger partial charge on any atom is 0.339 e. The van der Waals surface area contributed by atoms with Gasteiger partial charge in [0.15, 0.2) is 0 Å². The molecule has 2 aromatic heterocycles. The van der Waals surface area contributed by atoms with E-state index in [4.69, 9.17) is 9.47 Å². The molecule has 2 rings (SSSR count). The summed E-state index contributed by atoms with van der Waals surface area (Å²) in [6.45, 7) is 7.15. The Morgan fingerprint density at radius 1 is 1.33 bits per heavy atom. The Balaban J connectivity index is 2.44. The van der Waals surface area contributed by atoms with Crippen molar-refractivity contribution in [3.63, 3.8) is 0 Å². The predicted molar refractivity (Wildman–Crippen MR) is 90.4 cm³/mol. The quantitative estimate of drug-likeness (QED) is 0.743. The van der Waals surface area contributed by atoms with E-state index < -0.39 is 23.5 Å². The summed E-state index contributed by atoms with van der Waals surface area (Å²) in [5.74, 6) is -1.09. The fourth-order valence-electron chi connectivity index (χ4n) is 2.07.